The zero-order valence-electron chi connectivity index (χ0n) is 13.0. The van der Waals surface area contributed by atoms with E-state index in [4.69, 9.17) is 9.84 Å². The van der Waals surface area contributed by atoms with Crippen LogP contribution in [0.2, 0.25) is 0 Å². The number of nitrogens with zero attached hydrogens (tertiary/aromatic N) is 2. The Balaban J connectivity index is 2.05. The molecular formula is C17H13F3N2O3. The molecule has 1 N–H and O–H groups in total. The van der Waals surface area contributed by atoms with Crippen molar-refractivity contribution in [3.8, 4) is 16.9 Å². The van der Waals surface area contributed by atoms with Crippen molar-refractivity contribution < 1.29 is 27.8 Å². The van der Waals surface area contributed by atoms with Crippen LogP contribution in [0.25, 0.3) is 22.0 Å². The van der Waals surface area contributed by atoms with Crippen molar-refractivity contribution in [2.75, 3.05) is 6.61 Å². The summed E-state index contributed by atoms with van der Waals surface area (Å²) in [4.78, 5) is 10.7. The Morgan fingerprint density at radius 3 is 2.48 bits per heavy atom. The van der Waals surface area contributed by atoms with E-state index < -0.39 is 24.3 Å². The number of hydrogen-bond acceptors (Lipinski definition) is 3. The summed E-state index contributed by atoms with van der Waals surface area (Å²) in [7, 11) is 1.71. The molecule has 3 aromatic rings. The maximum Gasteiger partial charge on any atom is 0.416 e. The second kappa shape index (κ2) is 6.12. The average molecular weight is 350 g/mol. The van der Waals surface area contributed by atoms with Gasteiger partial charge in [-0.2, -0.15) is 18.3 Å². The maximum absolute atomic E-state index is 12.7. The number of rotatable bonds is 4. The van der Waals surface area contributed by atoms with Crippen LogP contribution in [0.4, 0.5) is 13.2 Å². The van der Waals surface area contributed by atoms with E-state index in [1.54, 1.807) is 30.1 Å². The smallest absolute Gasteiger partial charge is 0.416 e. The van der Waals surface area contributed by atoms with Crippen LogP contribution >= 0.6 is 0 Å². The van der Waals surface area contributed by atoms with Crippen LogP contribution in [0.5, 0.6) is 5.75 Å². The number of aliphatic carboxylic acids is 1. The topological polar surface area (TPSA) is 64.3 Å². The van der Waals surface area contributed by atoms with E-state index in [-0.39, 0.29) is 5.75 Å². The van der Waals surface area contributed by atoms with E-state index in [0.29, 0.717) is 22.0 Å². The average Bonchev–Trinajstić information content (AvgIpc) is 2.92. The first-order chi connectivity index (χ1) is 11.7. The number of carboxylic acids is 1. The fourth-order valence-electron chi connectivity index (χ4n) is 2.49. The van der Waals surface area contributed by atoms with Crippen LogP contribution in [-0.2, 0) is 18.0 Å². The van der Waals surface area contributed by atoms with E-state index in [1.807, 2.05) is 0 Å². The summed E-state index contributed by atoms with van der Waals surface area (Å²) in [5, 5.41) is 13.7. The molecule has 0 fully saturated rings. The summed E-state index contributed by atoms with van der Waals surface area (Å²) >= 11 is 0. The lowest BCUT2D eigenvalue weighted by molar-refractivity contribution is -0.139. The van der Waals surface area contributed by atoms with Gasteiger partial charge in [0.15, 0.2) is 6.61 Å². The summed E-state index contributed by atoms with van der Waals surface area (Å²) in [6.45, 7) is -0.540. The molecule has 130 valence electrons. The van der Waals surface area contributed by atoms with Crippen LogP contribution in [0.1, 0.15) is 5.56 Å². The number of hydrogen-bond donors (Lipinski definition) is 1. The molecule has 1 aromatic heterocycles. The second-order valence-corrected chi connectivity index (χ2v) is 5.47. The molecule has 25 heavy (non-hydrogen) atoms. The number of ether oxygens (including phenoxy) is 1. The normalized spacial score (nSPS) is 11.7. The molecule has 5 nitrogen and oxygen atoms in total. The zero-order chi connectivity index (χ0) is 18.2. The fourth-order valence-corrected chi connectivity index (χ4v) is 2.49. The molecule has 0 amide bonds. The van der Waals surface area contributed by atoms with Gasteiger partial charge in [0.1, 0.15) is 11.3 Å². The van der Waals surface area contributed by atoms with Crippen molar-refractivity contribution in [3.63, 3.8) is 0 Å². The van der Waals surface area contributed by atoms with Gasteiger partial charge in [0, 0.05) is 18.6 Å². The molecule has 0 aliphatic rings. The molecule has 1 heterocycles. The third-order valence-electron chi connectivity index (χ3n) is 3.58. The van der Waals surface area contributed by atoms with Gasteiger partial charge in [0.2, 0.25) is 0 Å². The lowest BCUT2D eigenvalue weighted by atomic mass is 10.0. The predicted octanol–water partition coefficient (Wildman–Crippen LogP) is 3.72. The van der Waals surface area contributed by atoms with E-state index >= 15 is 0 Å². The molecule has 3 rings (SSSR count). The van der Waals surface area contributed by atoms with Crippen molar-refractivity contribution >= 4 is 16.9 Å². The quantitative estimate of drug-likeness (QED) is 0.779. The Morgan fingerprint density at radius 2 is 1.88 bits per heavy atom. The highest BCUT2D eigenvalue weighted by Crippen LogP contribution is 2.34. The highest BCUT2D eigenvalue weighted by atomic mass is 19.4. The van der Waals surface area contributed by atoms with Gasteiger partial charge in [0.25, 0.3) is 0 Å². The number of carboxylic acid groups (broad SMARTS) is 1. The zero-order valence-corrected chi connectivity index (χ0v) is 13.0. The van der Waals surface area contributed by atoms with Gasteiger partial charge in [-0.15, -0.1) is 0 Å². The lowest BCUT2D eigenvalue weighted by Crippen LogP contribution is -2.09. The molecule has 0 radical (unpaired) electrons. The summed E-state index contributed by atoms with van der Waals surface area (Å²) in [5.41, 5.74) is 0.911. The van der Waals surface area contributed by atoms with Crippen molar-refractivity contribution in [3.05, 3.63) is 48.2 Å². The van der Waals surface area contributed by atoms with Gasteiger partial charge in [-0.25, -0.2) is 4.79 Å². The Kier molecular flexibility index (Phi) is 4.12. The minimum absolute atomic E-state index is 0.260. The Labute approximate surface area is 140 Å². The van der Waals surface area contributed by atoms with Crippen LogP contribution in [0.15, 0.2) is 42.6 Å². The van der Waals surface area contributed by atoms with E-state index in [0.717, 1.165) is 12.1 Å². The molecular weight excluding hydrogens is 337 g/mol. The molecule has 0 unspecified atom stereocenters. The molecule has 2 aromatic carbocycles. The van der Waals surface area contributed by atoms with Gasteiger partial charge in [-0.1, -0.05) is 12.1 Å². The monoisotopic (exact) mass is 350 g/mol. The summed E-state index contributed by atoms with van der Waals surface area (Å²) in [5.74, 6) is -0.876. The summed E-state index contributed by atoms with van der Waals surface area (Å²) < 4.78 is 44.9. The number of halogens is 3. The molecule has 0 saturated heterocycles. The van der Waals surface area contributed by atoms with Gasteiger partial charge in [-0.3, -0.25) is 4.68 Å². The molecule has 0 aliphatic heterocycles. The Bertz CT molecular complexity index is 931. The third-order valence-corrected chi connectivity index (χ3v) is 3.58. The minimum atomic E-state index is -4.40. The van der Waals surface area contributed by atoms with Crippen LogP contribution < -0.4 is 4.74 Å². The van der Waals surface area contributed by atoms with Crippen molar-refractivity contribution in [1.82, 2.24) is 9.78 Å². The molecule has 0 aliphatic carbocycles. The molecule has 0 saturated carbocycles. The van der Waals surface area contributed by atoms with E-state index in [2.05, 4.69) is 5.10 Å². The number of aromatic nitrogens is 2. The van der Waals surface area contributed by atoms with Gasteiger partial charge in [-0.05, 0) is 35.4 Å². The number of benzene rings is 2. The predicted molar refractivity (Wildman–Crippen MR) is 84.3 cm³/mol. The second-order valence-electron chi connectivity index (χ2n) is 5.47. The standard InChI is InChI=1S/C17H13F3N2O3/c1-22-8-12-6-11(7-14(16(12)21-22)25-9-15(23)24)10-2-4-13(5-3-10)17(18,19)20/h2-8H,9H2,1H3,(H,23,24). The molecule has 0 spiro atoms. The molecule has 0 atom stereocenters. The van der Waals surface area contributed by atoms with Crippen LogP contribution in [0, 0.1) is 0 Å². The molecule has 8 heteroatoms. The summed E-state index contributed by atoms with van der Waals surface area (Å²) in [6.07, 6.45) is -2.68. The fraction of sp³-hybridized carbons (Fsp3) is 0.176. The van der Waals surface area contributed by atoms with Crippen LogP contribution in [0.3, 0.4) is 0 Å². The number of alkyl halides is 3. The maximum atomic E-state index is 12.7. The highest BCUT2D eigenvalue weighted by molar-refractivity contribution is 5.90. The number of fused-ring (bicyclic) bond motifs is 1. The minimum Gasteiger partial charge on any atom is -0.480 e. The third kappa shape index (κ3) is 3.57. The van der Waals surface area contributed by atoms with Gasteiger partial charge in [0.05, 0.1) is 5.56 Å². The molecule has 0 bridgehead atoms. The number of aryl methyl sites for hydroxylation is 1. The van der Waals surface area contributed by atoms with Crippen LogP contribution in [-0.4, -0.2) is 27.5 Å². The highest BCUT2D eigenvalue weighted by Gasteiger charge is 2.30. The largest absolute Gasteiger partial charge is 0.480 e. The van der Waals surface area contributed by atoms with Crippen molar-refractivity contribution in [2.45, 2.75) is 6.18 Å². The first kappa shape index (κ1) is 16.8. The van der Waals surface area contributed by atoms with Crippen molar-refractivity contribution in [1.29, 1.82) is 0 Å². The van der Waals surface area contributed by atoms with Crippen molar-refractivity contribution in [2.24, 2.45) is 7.05 Å². The first-order valence-corrected chi connectivity index (χ1v) is 7.23. The van der Waals surface area contributed by atoms with E-state index in [9.17, 15) is 18.0 Å². The van der Waals surface area contributed by atoms with Gasteiger partial charge >= 0.3 is 12.1 Å². The number of carbonyl (C=O) groups is 1. The Hall–Kier alpha value is -3.03. The lowest BCUT2D eigenvalue weighted by Gasteiger charge is -2.10. The SMILES string of the molecule is Cn1cc2cc(-c3ccc(C(F)(F)F)cc3)cc(OCC(=O)O)c2n1. The first-order valence-electron chi connectivity index (χ1n) is 7.23. The van der Waals surface area contributed by atoms with E-state index in [1.165, 1.54) is 12.1 Å². The Morgan fingerprint density at radius 1 is 1.20 bits per heavy atom. The summed E-state index contributed by atoms with van der Waals surface area (Å²) in [6, 6.07) is 8.06. The van der Waals surface area contributed by atoms with Gasteiger partial charge < -0.3 is 9.84 Å².